The highest BCUT2D eigenvalue weighted by molar-refractivity contribution is 7.98. The number of oxazole rings is 1. The number of benzene rings is 1. The van der Waals surface area contributed by atoms with Crippen LogP contribution < -0.4 is 5.73 Å². The van der Waals surface area contributed by atoms with Crippen LogP contribution in [0, 0.1) is 0 Å². The number of thioether (sulfide) groups is 1. The summed E-state index contributed by atoms with van der Waals surface area (Å²) >= 11 is 7.19. The van der Waals surface area contributed by atoms with Crippen molar-refractivity contribution in [2.75, 3.05) is 5.75 Å². The summed E-state index contributed by atoms with van der Waals surface area (Å²) in [5, 5.41) is 9.33. The first kappa shape index (κ1) is 14.9. The molecule has 0 fully saturated rings. The first-order valence-electron chi connectivity index (χ1n) is 5.83. The molecular formula is C13H13ClN2O3S. The van der Waals surface area contributed by atoms with E-state index in [1.807, 2.05) is 12.1 Å². The minimum Gasteiger partial charge on any atom is -0.480 e. The van der Waals surface area contributed by atoms with Crippen molar-refractivity contribution in [3.8, 4) is 11.3 Å². The maximum Gasteiger partial charge on any atom is 0.321 e. The second kappa shape index (κ2) is 6.78. The van der Waals surface area contributed by atoms with Crippen molar-refractivity contribution in [1.29, 1.82) is 0 Å². The number of aliphatic carboxylic acids is 1. The Balaban J connectivity index is 1.92. The summed E-state index contributed by atoms with van der Waals surface area (Å²) < 4.78 is 5.59. The number of hydrogen-bond donors (Lipinski definition) is 2. The van der Waals surface area contributed by atoms with Crippen LogP contribution in [0.2, 0.25) is 5.02 Å². The predicted molar refractivity (Wildman–Crippen MR) is 78.7 cm³/mol. The largest absolute Gasteiger partial charge is 0.480 e. The summed E-state index contributed by atoms with van der Waals surface area (Å²) in [6, 6.07) is 6.38. The molecule has 1 aromatic heterocycles. The summed E-state index contributed by atoms with van der Waals surface area (Å²) in [6.07, 6.45) is 1.64. The molecule has 7 heteroatoms. The summed E-state index contributed by atoms with van der Waals surface area (Å²) in [5.74, 6) is 0.979. The van der Waals surface area contributed by atoms with E-state index in [0.717, 1.165) is 5.56 Å². The molecule has 0 amide bonds. The van der Waals surface area contributed by atoms with Gasteiger partial charge >= 0.3 is 5.97 Å². The van der Waals surface area contributed by atoms with Crippen molar-refractivity contribution in [1.82, 2.24) is 4.98 Å². The number of carboxylic acids is 1. The molecule has 5 nitrogen and oxygen atoms in total. The highest BCUT2D eigenvalue weighted by Gasteiger charge is 2.12. The molecule has 20 heavy (non-hydrogen) atoms. The van der Waals surface area contributed by atoms with E-state index in [1.54, 1.807) is 18.3 Å². The number of nitrogens with two attached hydrogens (primary N) is 1. The molecule has 0 saturated heterocycles. The molecule has 0 unspecified atom stereocenters. The zero-order valence-electron chi connectivity index (χ0n) is 10.5. The van der Waals surface area contributed by atoms with Gasteiger partial charge in [-0.1, -0.05) is 11.6 Å². The molecule has 1 atom stereocenters. The van der Waals surface area contributed by atoms with Gasteiger partial charge in [-0.25, -0.2) is 4.98 Å². The number of halogens is 1. The van der Waals surface area contributed by atoms with E-state index in [1.165, 1.54) is 11.8 Å². The molecule has 3 N–H and O–H groups in total. The number of carboxylic acid groups (broad SMARTS) is 1. The first-order valence-corrected chi connectivity index (χ1v) is 7.36. The number of nitrogens with zero attached hydrogens (tertiary/aromatic N) is 1. The Hall–Kier alpha value is -1.50. The van der Waals surface area contributed by atoms with Crippen molar-refractivity contribution >= 4 is 29.3 Å². The third-order valence-electron chi connectivity index (χ3n) is 2.52. The van der Waals surface area contributed by atoms with Gasteiger partial charge in [-0.05, 0) is 24.3 Å². The smallest absolute Gasteiger partial charge is 0.321 e. The van der Waals surface area contributed by atoms with Crippen LogP contribution in [-0.4, -0.2) is 27.9 Å². The number of carbonyl (C=O) groups is 1. The quantitative estimate of drug-likeness (QED) is 0.852. The number of hydrogen-bond acceptors (Lipinski definition) is 5. The average molecular weight is 313 g/mol. The van der Waals surface area contributed by atoms with E-state index in [2.05, 4.69) is 4.98 Å². The molecule has 0 aliphatic carbocycles. The van der Waals surface area contributed by atoms with Crippen LogP contribution in [0.25, 0.3) is 11.3 Å². The first-order chi connectivity index (χ1) is 9.56. The average Bonchev–Trinajstić information content (AvgIpc) is 2.88. The monoisotopic (exact) mass is 312 g/mol. The van der Waals surface area contributed by atoms with Crippen LogP contribution in [0.1, 0.15) is 5.89 Å². The molecular weight excluding hydrogens is 300 g/mol. The zero-order chi connectivity index (χ0) is 14.5. The molecule has 1 heterocycles. The lowest BCUT2D eigenvalue weighted by molar-refractivity contribution is -0.137. The Labute approximate surface area is 125 Å². The van der Waals surface area contributed by atoms with Crippen LogP contribution in [0.4, 0.5) is 0 Å². The maximum atomic E-state index is 10.6. The summed E-state index contributed by atoms with van der Waals surface area (Å²) in [6.45, 7) is 0. The second-order valence-electron chi connectivity index (χ2n) is 4.09. The highest BCUT2D eigenvalue weighted by atomic mass is 35.5. The number of aromatic nitrogens is 1. The lowest BCUT2D eigenvalue weighted by Gasteiger charge is -2.03. The summed E-state index contributed by atoms with van der Waals surface area (Å²) in [4.78, 5) is 14.7. The van der Waals surface area contributed by atoms with Crippen molar-refractivity contribution in [2.45, 2.75) is 11.8 Å². The van der Waals surface area contributed by atoms with Gasteiger partial charge in [0.15, 0.2) is 5.76 Å². The van der Waals surface area contributed by atoms with Gasteiger partial charge in [0.2, 0.25) is 5.89 Å². The van der Waals surface area contributed by atoms with Gasteiger partial charge in [0.05, 0.1) is 11.9 Å². The van der Waals surface area contributed by atoms with Gasteiger partial charge in [0.25, 0.3) is 0 Å². The Morgan fingerprint density at radius 1 is 1.45 bits per heavy atom. The van der Waals surface area contributed by atoms with Gasteiger partial charge < -0.3 is 15.3 Å². The van der Waals surface area contributed by atoms with E-state index in [4.69, 9.17) is 26.9 Å². The molecule has 1 aromatic carbocycles. The van der Waals surface area contributed by atoms with Gasteiger partial charge in [-0.15, -0.1) is 11.8 Å². The fraction of sp³-hybridized carbons (Fsp3) is 0.231. The van der Waals surface area contributed by atoms with Crippen LogP contribution in [0.5, 0.6) is 0 Å². The standard InChI is InChI=1S/C13H13ClN2O3S/c14-9-3-1-8(2-4-9)11-5-16-12(19-11)7-20-6-10(15)13(17)18/h1-5,10H,6-7,15H2,(H,17,18)/t10-/m1/s1. The molecule has 0 aliphatic rings. The third-order valence-corrected chi connectivity index (χ3v) is 3.82. The van der Waals surface area contributed by atoms with Gasteiger partial charge in [0, 0.05) is 16.3 Å². The van der Waals surface area contributed by atoms with E-state index < -0.39 is 12.0 Å². The fourth-order valence-electron chi connectivity index (χ4n) is 1.47. The van der Waals surface area contributed by atoms with Gasteiger partial charge in [0.1, 0.15) is 6.04 Å². The van der Waals surface area contributed by atoms with Crippen LogP contribution in [-0.2, 0) is 10.5 Å². The molecule has 0 spiro atoms. The van der Waals surface area contributed by atoms with E-state index in [0.29, 0.717) is 28.2 Å². The molecule has 0 aliphatic heterocycles. The maximum absolute atomic E-state index is 10.6. The van der Waals surface area contributed by atoms with E-state index >= 15 is 0 Å². The Bertz CT molecular complexity index is 586. The normalized spacial score (nSPS) is 12.3. The van der Waals surface area contributed by atoms with E-state index in [9.17, 15) is 4.79 Å². The lowest BCUT2D eigenvalue weighted by Crippen LogP contribution is -2.32. The van der Waals surface area contributed by atoms with Crippen molar-refractivity contribution in [3.05, 3.63) is 41.4 Å². The van der Waals surface area contributed by atoms with Crippen LogP contribution in [0.15, 0.2) is 34.9 Å². The van der Waals surface area contributed by atoms with Gasteiger partial charge in [-0.3, -0.25) is 4.79 Å². The third kappa shape index (κ3) is 4.00. The minimum absolute atomic E-state index is 0.313. The molecule has 0 saturated carbocycles. The van der Waals surface area contributed by atoms with Crippen LogP contribution in [0.3, 0.4) is 0 Å². The fourth-order valence-corrected chi connectivity index (χ4v) is 2.42. The lowest BCUT2D eigenvalue weighted by atomic mass is 10.2. The van der Waals surface area contributed by atoms with Crippen molar-refractivity contribution in [3.63, 3.8) is 0 Å². The second-order valence-corrected chi connectivity index (χ2v) is 5.55. The Morgan fingerprint density at radius 3 is 2.80 bits per heavy atom. The molecule has 0 bridgehead atoms. The Kier molecular flexibility index (Phi) is 5.05. The molecule has 0 radical (unpaired) electrons. The number of rotatable bonds is 6. The molecule has 2 aromatic rings. The van der Waals surface area contributed by atoms with Crippen LogP contribution >= 0.6 is 23.4 Å². The highest BCUT2D eigenvalue weighted by Crippen LogP contribution is 2.23. The minimum atomic E-state index is -1.01. The summed E-state index contributed by atoms with van der Waals surface area (Å²) in [5.41, 5.74) is 6.30. The molecule has 2 rings (SSSR count). The summed E-state index contributed by atoms with van der Waals surface area (Å²) in [7, 11) is 0. The van der Waals surface area contributed by atoms with E-state index in [-0.39, 0.29) is 0 Å². The van der Waals surface area contributed by atoms with Crippen molar-refractivity contribution in [2.24, 2.45) is 5.73 Å². The Morgan fingerprint density at radius 2 is 2.15 bits per heavy atom. The van der Waals surface area contributed by atoms with Gasteiger partial charge in [-0.2, -0.15) is 0 Å². The zero-order valence-corrected chi connectivity index (χ0v) is 12.0. The van der Waals surface area contributed by atoms with Crippen molar-refractivity contribution < 1.29 is 14.3 Å². The topological polar surface area (TPSA) is 89.4 Å². The molecule has 106 valence electrons. The SMILES string of the molecule is N[C@H](CSCc1ncc(-c2ccc(Cl)cc2)o1)C(=O)O. The predicted octanol–water partition coefficient (Wildman–Crippen LogP) is 2.64.